The lowest BCUT2D eigenvalue weighted by Crippen LogP contribution is -2.48. The molecule has 0 aromatic carbocycles. The van der Waals surface area contributed by atoms with Gasteiger partial charge in [-0.05, 0) is 24.7 Å². The third-order valence-electron chi connectivity index (χ3n) is 4.59. The molecule has 0 aromatic rings. The number of methoxy groups -OCH3 is 1. The lowest BCUT2D eigenvalue weighted by molar-refractivity contribution is -0.145. The first kappa shape index (κ1) is 17.0. The van der Waals surface area contributed by atoms with Crippen LogP contribution in [0.1, 0.15) is 46.5 Å². The molecule has 1 rings (SSSR count). The van der Waals surface area contributed by atoms with E-state index in [1.54, 1.807) is 0 Å². The standard InChI is InChI=1S/C15H28N2O3/c1-5-10(6-2)14(17-9(3)18)12-7-11(8-13(12)16)15(19)20-4/h10-14H,5-8,16H2,1-4H3,(H,17,18)/t11-,12?,13-,14+/m1/s1. The van der Waals surface area contributed by atoms with Gasteiger partial charge in [0.25, 0.3) is 0 Å². The van der Waals surface area contributed by atoms with Gasteiger partial charge in [-0.2, -0.15) is 0 Å². The van der Waals surface area contributed by atoms with Gasteiger partial charge < -0.3 is 15.8 Å². The van der Waals surface area contributed by atoms with Gasteiger partial charge in [0.2, 0.25) is 5.91 Å². The zero-order chi connectivity index (χ0) is 15.3. The van der Waals surface area contributed by atoms with Crippen molar-refractivity contribution in [3.8, 4) is 0 Å². The van der Waals surface area contributed by atoms with Crippen molar-refractivity contribution in [3.05, 3.63) is 0 Å². The van der Waals surface area contributed by atoms with E-state index < -0.39 is 0 Å². The van der Waals surface area contributed by atoms with Crippen molar-refractivity contribution in [2.75, 3.05) is 7.11 Å². The van der Waals surface area contributed by atoms with Gasteiger partial charge in [-0.3, -0.25) is 9.59 Å². The zero-order valence-electron chi connectivity index (χ0n) is 13.0. The molecule has 1 fully saturated rings. The average Bonchev–Trinajstić information content (AvgIpc) is 2.79. The molecule has 1 amide bonds. The van der Waals surface area contributed by atoms with Gasteiger partial charge >= 0.3 is 5.97 Å². The number of amides is 1. The van der Waals surface area contributed by atoms with E-state index in [0.717, 1.165) is 12.8 Å². The minimum Gasteiger partial charge on any atom is -0.469 e. The molecule has 116 valence electrons. The molecular formula is C15H28N2O3. The number of ether oxygens (including phenoxy) is 1. The molecule has 0 aliphatic heterocycles. The van der Waals surface area contributed by atoms with Crippen molar-refractivity contribution in [1.82, 2.24) is 5.32 Å². The second kappa shape index (κ2) is 7.62. The number of nitrogens with two attached hydrogens (primary N) is 1. The second-order valence-corrected chi connectivity index (χ2v) is 5.82. The molecule has 0 saturated heterocycles. The summed E-state index contributed by atoms with van der Waals surface area (Å²) < 4.78 is 4.82. The van der Waals surface area contributed by atoms with E-state index >= 15 is 0 Å². The normalized spacial score (nSPS) is 27.4. The van der Waals surface area contributed by atoms with Gasteiger partial charge in [-0.1, -0.05) is 26.7 Å². The van der Waals surface area contributed by atoms with Crippen molar-refractivity contribution >= 4 is 11.9 Å². The van der Waals surface area contributed by atoms with Crippen molar-refractivity contribution in [1.29, 1.82) is 0 Å². The van der Waals surface area contributed by atoms with Crippen molar-refractivity contribution < 1.29 is 14.3 Å². The van der Waals surface area contributed by atoms with E-state index in [2.05, 4.69) is 19.2 Å². The Morgan fingerprint density at radius 1 is 1.30 bits per heavy atom. The van der Waals surface area contributed by atoms with Gasteiger partial charge in [0.05, 0.1) is 13.0 Å². The molecule has 0 bridgehead atoms. The lowest BCUT2D eigenvalue weighted by atomic mass is 9.82. The van der Waals surface area contributed by atoms with Crippen LogP contribution in [0.3, 0.4) is 0 Å². The Morgan fingerprint density at radius 3 is 2.35 bits per heavy atom. The van der Waals surface area contributed by atoms with E-state index in [-0.39, 0.29) is 35.8 Å². The molecule has 0 aromatic heterocycles. The van der Waals surface area contributed by atoms with Crippen LogP contribution in [0.5, 0.6) is 0 Å². The molecule has 1 aliphatic carbocycles. The fourth-order valence-electron chi connectivity index (χ4n) is 3.48. The fourth-order valence-corrected chi connectivity index (χ4v) is 3.48. The largest absolute Gasteiger partial charge is 0.469 e. The van der Waals surface area contributed by atoms with Crippen LogP contribution < -0.4 is 11.1 Å². The van der Waals surface area contributed by atoms with Crippen molar-refractivity contribution in [3.63, 3.8) is 0 Å². The maximum Gasteiger partial charge on any atom is 0.308 e. The van der Waals surface area contributed by atoms with Gasteiger partial charge in [-0.25, -0.2) is 0 Å². The number of hydrogen-bond acceptors (Lipinski definition) is 4. The molecular weight excluding hydrogens is 256 g/mol. The van der Waals surface area contributed by atoms with Gasteiger partial charge in [0.15, 0.2) is 0 Å². The first-order chi connectivity index (χ1) is 9.44. The Balaban J connectivity index is 2.85. The number of esters is 1. The summed E-state index contributed by atoms with van der Waals surface area (Å²) in [7, 11) is 1.41. The van der Waals surface area contributed by atoms with E-state index in [4.69, 9.17) is 10.5 Å². The van der Waals surface area contributed by atoms with Crippen LogP contribution in [0.2, 0.25) is 0 Å². The third kappa shape index (κ3) is 3.95. The maximum atomic E-state index is 11.7. The Hall–Kier alpha value is -1.10. The highest BCUT2D eigenvalue weighted by atomic mass is 16.5. The van der Waals surface area contributed by atoms with Crippen LogP contribution in [0.25, 0.3) is 0 Å². The summed E-state index contributed by atoms with van der Waals surface area (Å²) in [4.78, 5) is 23.2. The van der Waals surface area contributed by atoms with Crippen LogP contribution in [-0.2, 0) is 14.3 Å². The molecule has 3 N–H and O–H groups in total. The topological polar surface area (TPSA) is 81.4 Å². The molecule has 5 heteroatoms. The summed E-state index contributed by atoms with van der Waals surface area (Å²) in [6.07, 6.45) is 3.34. The first-order valence-electron chi connectivity index (χ1n) is 7.55. The van der Waals surface area contributed by atoms with Crippen LogP contribution >= 0.6 is 0 Å². The van der Waals surface area contributed by atoms with Crippen LogP contribution in [-0.4, -0.2) is 31.1 Å². The zero-order valence-corrected chi connectivity index (χ0v) is 13.0. The Bertz CT molecular complexity index is 342. The summed E-state index contributed by atoms with van der Waals surface area (Å²) in [6, 6.07) is -0.0105. The summed E-state index contributed by atoms with van der Waals surface area (Å²) in [5, 5.41) is 3.06. The van der Waals surface area contributed by atoms with E-state index in [1.165, 1.54) is 14.0 Å². The minimum absolute atomic E-state index is 0.0318. The van der Waals surface area contributed by atoms with Gasteiger partial charge in [0.1, 0.15) is 0 Å². The molecule has 1 saturated carbocycles. The average molecular weight is 284 g/mol. The first-order valence-corrected chi connectivity index (χ1v) is 7.55. The number of carbonyl (C=O) groups is 2. The highest BCUT2D eigenvalue weighted by Crippen LogP contribution is 2.36. The van der Waals surface area contributed by atoms with Crippen molar-refractivity contribution in [2.24, 2.45) is 23.5 Å². The predicted octanol–water partition coefficient (Wildman–Crippen LogP) is 1.45. The van der Waals surface area contributed by atoms with Gasteiger partial charge in [-0.15, -0.1) is 0 Å². The highest BCUT2D eigenvalue weighted by molar-refractivity contribution is 5.74. The molecule has 4 atom stereocenters. The minimum atomic E-state index is -0.186. The molecule has 1 aliphatic rings. The smallest absolute Gasteiger partial charge is 0.308 e. The monoisotopic (exact) mass is 284 g/mol. The molecule has 0 heterocycles. The van der Waals surface area contributed by atoms with Gasteiger partial charge in [0, 0.05) is 19.0 Å². The van der Waals surface area contributed by atoms with Crippen LogP contribution in [0, 0.1) is 17.8 Å². The lowest BCUT2D eigenvalue weighted by Gasteiger charge is -2.33. The van der Waals surface area contributed by atoms with E-state index in [1.807, 2.05) is 0 Å². The molecule has 20 heavy (non-hydrogen) atoms. The third-order valence-corrected chi connectivity index (χ3v) is 4.59. The number of hydrogen-bond donors (Lipinski definition) is 2. The summed E-state index contributed by atoms with van der Waals surface area (Å²) >= 11 is 0. The van der Waals surface area contributed by atoms with E-state index in [9.17, 15) is 9.59 Å². The SMILES string of the molecule is CCC(CC)[C@H](NC(C)=O)C1C[C@@H](C(=O)OC)C[C@H]1N. The second-order valence-electron chi connectivity index (χ2n) is 5.82. The van der Waals surface area contributed by atoms with Crippen LogP contribution in [0.15, 0.2) is 0 Å². The van der Waals surface area contributed by atoms with E-state index in [0.29, 0.717) is 18.8 Å². The Kier molecular flexibility index (Phi) is 6.46. The summed E-state index contributed by atoms with van der Waals surface area (Å²) in [6.45, 7) is 5.79. The quantitative estimate of drug-likeness (QED) is 0.723. The molecule has 1 unspecified atom stereocenters. The molecule has 5 nitrogen and oxygen atoms in total. The maximum absolute atomic E-state index is 11.7. The van der Waals surface area contributed by atoms with Crippen LogP contribution in [0.4, 0.5) is 0 Å². The van der Waals surface area contributed by atoms with Crippen molar-refractivity contribution in [2.45, 2.75) is 58.5 Å². The molecule has 0 spiro atoms. The predicted molar refractivity (Wildman–Crippen MR) is 77.9 cm³/mol. The Morgan fingerprint density at radius 2 is 1.90 bits per heavy atom. The number of carbonyl (C=O) groups excluding carboxylic acids is 2. The summed E-state index contributed by atoms with van der Waals surface area (Å²) in [5.41, 5.74) is 6.23. The summed E-state index contributed by atoms with van der Waals surface area (Å²) in [5.74, 6) is 0.189. The Labute approximate surface area is 121 Å². The fraction of sp³-hybridized carbons (Fsp3) is 0.867. The highest BCUT2D eigenvalue weighted by Gasteiger charge is 2.42. The number of nitrogens with one attached hydrogen (secondary N) is 1. The number of rotatable bonds is 6. The molecule has 0 radical (unpaired) electrons.